The molecule has 0 amide bonds. The van der Waals surface area contributed by atoms with Gasteiger partial charge in [0, 0.05) is 16.7 Å². The van der Waals surface area contributed by atoms with Gasteiger partial charge in [-0.2, -0.15) is 0 Å². The maximum Gasteiger partial charge on any atom is 0.145 e. The van der Waals surface area contributed by atoms with Crippen molar-refractivity contribution >= 4 is 43.4 Å². The quantitative estimate of drug-likeness (QED) is 0.168. The number of aromatic nitrogens is 2. The molecule has 254 valence electrons. The van der Waals surface area contributed by atoms with Gasteiger partial charge in [0.25, 0.3) is 0 Å². The molecule has 0 N–H and O–H groups in total. The zero-order valence-electron chi connectivity index (χ0n) is 30.2. The Labute approximate surface area is 314 Å². The monoisotopic (exact) mass is 688 g/mol. The topological polar surface area (TPSA) is 17.8 Å². The first-order valence-corrected chi connectivity index (χ1v) is 18.8. The molecule has 1 heterocycles. The van der Waals surface area contributed by atoms with Crippen molar-refractivity contribution in [2.24, 2.45) is 0 Å². The predicted molar refractivity (Wildman–Crippen MR) is 227 cm³/mol. The van der Waals surface area contributed by atoms with Crippen LogP contribution in [-0.4, -0.2) is 9.55 Å². The van der Waals surface area contributed by atoms with E-state index in [-0.39, 0.29) is 5.41 Å². The molecule has 0 saturated heterocycles. The Kier molecular flexibility index (Phi) is 6.63. The molecular weight excluding hydrogens is 653 g/mol. The first kappa shape index (κ1) is 30.8. The molecule has 0 radical (unpaired) electrons. The molecule has 54 heavy (non-hydrogen) atoms. The lowest BCUT2D eigenvalue weighted by Crippen LogP contribution is -2.15. The smallest absolute Gasteiger partial charge is 0.145 e. The minimum atomic E-state index is -0.153. The van der Waals surface area contributed by atoms with E-state index in [4.69, 9.17) is 4.98 Å². The summed E-state index contributed by atoms with van der Waals surface area (Å²) in [6.07, 6.45) is 0. The molecule has 2 nitrogen and oxygen atoms in total. The van der Waals surface area contributed by atoms with Crippen LogP contribution >= 0.6 is 0 Å². The second kappa shape index (κ2) is 11.6. The van der Waals surface area contributed by atoms with E-state index in [0.717, 1.165) is 28.1 Å². The van der Waals surface area contributed by atoms with Gasteiger partial charge >= 0.3 is 0 Å². The maximum absolute atomic E-state index is 5.49. The van der Waals surface area contributed by atoms with Crippen molar-refractivity contribution in [1.82, 2.24) is 9.55 Å². The van der Waals surface area contributed by atoms with Crippen molar-refractivity contribution in [1.29, 1.82) is 0 Å². The Morgan fingerprint density at radius 2 is 0.963 bits per heavy atom. The number of imidazole rings is 1. The number of fused-ring (bicyclic) bond motifs is 11. The molecule has 1 aliphatic carbocycles. The number of nitrogens with zero attached hydrogens (tertiary/aromatic N) is 2. The SMILES string of the molecule is CC1(C)c2ccccc2-c2ccc3c(nc(-c4ccc(-c5cccc(-c6ccc7c8ccccc8c8ccccc8c7c6)c5)cc4)n3-c3ccccc3)c21. The van der Waals surface area contributed by atoms with Crippen molar-refractivity contribution in [3.8, 4) is 50.5 Å². The lowest BCUT2D eigenvalue weighted by molar-refractivity contribution is 0.665. The molecule has 0 bridgehead atoms. The van der Waals surface area contributed by atoms with Crippen LogP contribution < -0.4 is 0 Å². The highest BCUT2D eigenvalue weighted by atomic mass is 15.1. The van der Waals surface area contributed by atoms with Gasteiger partial charge in [-0.05, 0) is 107 Å². The highest BCUT2D eigenvalue weighted by molar-refractivity contribution is 6.25. The van der Waals surface area contributed by atoms with Crippen LogP contribution in [0.15, 0.2) is 182 Å². The summed E-state index contributed by atoms with van der Waals surface area (Å²) in [6.45, 7) is 4.67. The van der Waals surface area contributed by atoms with E-state index in [1.807, 2.05) is 0 Å². The number of para-hydroxylation sites is 1. The molecule has 11 rings (SSSR count). The summed E-state index contributed by atoms with van der Waals surface area (Å²) in [5.41, 5.74) is 14.3. The summed E-state index contributed by atoms with van der Waals surface area (Å²) in [5, 5.41) is 7.77. The molecule has 1 aromatic heterocycles. The van der Waals surface area contributed by atoms with Crippen molar-refractivity contribution in [2.75, 3.05) is 0 Å². The molecule has 0 atom stereocenters. The summed E-state index contributed by atoms with van der Waals surface area (Å²) in [4.78, 5) is 5.49. The van der Waals surface area contributed by atoms with Crippen molar-refractivity contribution in [2.45, 2.75) is 19.3 Å². The molecular formula is C52H36N2. The van der Waals surface area contributed by atoms with E-state index in [2.05, 4.69) is 200 Å². The first-order valence-electron chi connectivity index (χ1n) is 18.8. The highest BCUT2D eigenvalue weighted by Gasteiger charge is 2.38. The van der Waals surface area contributed by atoms with Crippen LogP contribution in [0.3, 0.4) is 0 Å². The minimum Gasteiger partial charge on any atom is -0.292 e. The second-order valence-electron chi connectivity index (χ2n) is 15.1. The molecule has 0 spiro atoms. The summed E-state index contributed by atoms with van der Waals surface area (Å²) in [7, 11) is 0. The van der Waals surface area contributed by atoms with Gasteiger partial charge in [-0.1, -0.05) is 166 Å². The summed E-state index contributed by atoms with van der Waals surface area (Å²) < 4.78 is 2.33. The van der Waals surface area contributed by atoms with Gasteiger partial charge < -0.3 is 0 Å². The van der Waals surface area contributed by atoms with Crippen LogP contribution in [0.5, 0.6) is 0 Å². The van der Waals surface area contributed by atoms with Gasteiger partial charge in [-0.25, -0.2) is 4.98 Å². The standard InChI is InChI=1S/C52H36N2/c1-52(2)47-22-11-10-21-44(47)45-29-30-48-50(49(45)52)53-51(54(48)38-15-4-3-5-16-38)34-25-23-33(24-26-34)35-13-12-14-36(31-35)37-27-28-43-41-19-7-6-17-39(41)40-18-8-9-20-42(40)46(43)32-37/h3-32H,1-2H3. The molecule has 10 aromatic rings. The Bertz CT molecular complexity index is 3080. The van der Waals surface area contributed by atoms with Gasteiger partial charge in [0.2, 0.25) is 0 Å². The van der Waals surface area contributed by atoms with E-state index in [0.29, 0.717) is 0 Å². The first-order chi connectivity index (χ1) is 26.5. The Morgan fingerprint density at radius 1 is 0.407 bits per heavy atom. The van der Waals surface area contributed by atoms with E-state index in [1.165, 1.54) is 76.8 Å². The van der Waals surface area contributed by atoms with Crippen LogP contribution in [-0.2, 0) is 5.41 Å². The maximum atomic E-state index is 5.49. The van der Waals surface area contributed by atoms with E-state index < -0.39 is 0 Å². The van der Waals surface area contributed by atoms with Crippen LogP contribution in [0.1, 0.15) is 25.0 Å². The fraction of sp³-hybridized carbons (Fsp3) is 0.0577. The third kappa shape index (κ3) is 4.50. The third-order valence-electron chi connectivity index (χ3n) is 11.8. The number of hydrogen-bond acceptors (Lipinski definition) is 1. The van der Waals surface area contributed by atoms with Gasteiger partial charge in [-0.3, -0.25) is 4.57 Å². The number of benzene rings is 9. The average Bonchev–Trinajstić information content (AvgIpc) is 3.74. The highest BCUT2D eigenvalue weighted by Crippen LogP contribution is 2.51. The molecule has 2 heteroatoms. The summed E-state index contributed by atoms with van der Waals surface area (Å²) >= 11 is 0. The number of rotatable bonds is 4. The lowest BCUT2D eigenvalue weighted by atomic mass is 9.82. The van der Waals surface area contributed by atoms with Gasteiger partial charge in [-0.15, -0.1) is 0 Å². The minimum absolute atomic E-state index is 0.153. The van der Waals surface area contributed by atoms with Gasteiger partial charge in [0.05, 0.1) is 11.0 Å². The Hall–Kier alpha value is -6.77. The largest absolute Gasteiger partial charge is 0.292 e. The molecule has 9 aromatic carbocycles. The molecule has 0 fully saturated rings. The van der Waals surface area contributed by atoms with Crippen molar-refractivity contribution in [3.63, 3.8) is 0 Å². The van der Waals surface area contributed by atoms with Crippen LogP contribution in [0, 0.1) is 0 Å². The second-order valence-corrected chi connectivity index (χ2v) is 15.1. The molecule has 0 aliphatic heterocycles. The lowest BCUT2D eigenvalue weighted by Gasteiger charge is -2.21. The van der Waals surface area contributed by atoms with Crippen LogP contribution in [0.25, 0.3) is 93.8 Å². The average molecular weight is 689 g/mol. The van der Waals surface area contributed by atoms with E-state index >= 15 is 0 Å². The van der Waals surface area contributed by atoms with Gasteiger partial charge in [0.15, 0.2) is 0 Å². The molecule has 0 unspecified atom stereocenters. The van der Waals surface area contributed by atoms with E-state index in [1.54, 1.807) is 0 Å². The zero-order chi connectivity index (χ0) is 36.0. The van der Waals surface area contributed by atoms with Crippen molar-refractivity contribution < 1.29 is 0 Å². The molecule has 1 aliphatic rings. The summed E-state index contributed by atoms with van der Waals surface area (Å²) in [6, 6.07) is 66.4. The Balaban J connectivity index is 1.01. The predicted octanol–water partition coefficient (Wildman–Crippen LogP) is 13.8. The van der Waals surface area contributed by atoms with Crippen LogP contribution in [0.2, 0.25) is 0 Å². The fourth-order valence-corrected chi connectivity index (χ4v) is 9.21. The normalized spacial score (nSPS) is 13.1. The van der Waals surface area contributed by atoms with Gasteiger partial charge in [0.1, 0.15) is 5.82 Å². The molecule has 0 saturated carbocycles. The zero-order valence-corrected chi connectivity index (χ0v) is 30.2. The third-order valence-corrected chi connectivity index (χ3v) is 11.8. The number of hydrogen-bond donors (Lipinski definition) is 0. The summed E-state index contributed by atoms with van der Waals surface area (Å²) in [5.74, 6) is 0.951. The fourth-order valence-electron chi connectivity index (χ4n) is 9.21. The van der Waals surface area contributed by atoms with Crippen LogP contribution in [0.4, 0.5) is 0 Å². The van der Waals surface area contributed by atoms with Crippen molar-refractivity contribution in [3.05, 3.63) is 193 Å². The Morgan fingerprint density at radius 3 is 1.69 bits per heavy atom. The van der Waals surface area contributed by atoms with E-state index in [9.17, 15) is 0 Å².